The molecule has 0 spiro atoms. The highest BCUT2D eigenvalue weighted by Crippen LogP contribution is 2.41. The van der Waals surface area contributed by atoms with Crippen molar-refractivity contribution in [2.45, 2.75) is 18.9 Å². The quantitative estimate of drug-likeness (QED) is 0.757. The molecule has 0 radical (unpaired) electrons. The van der Waals surface area contributed by atoms with Gasteiger partial charge in [0.25, 0.3) is 0 Å². The summed E-state index contributed by atoms with van der Waals surface area (Å²) >= 11 is 6.12. The zero-order chi connectivity index (χ0) is 13.7. The van der Waals surface area contributed by atoms with E-state index in [1.165, 1.54) is 12.8 Å². The fourth-order valence-electron chi connectivity index (χ4n) is 2.58. The van der Waals surface area contributed by atoms with Gasteiger partial charge in [0.1, 0.15) is 11.6 Å². The molecule has 1 aliphatic rings. The third kappa shape index (κ3) is 1.86. The number of halogens is 1. The summed E-state index contributed by atoms with van der Waals surface area (Å²) in [5.74, 6) is 1.22. The first-order valence-corrected chi connectivity index (χ1v) is 7.07. The molecule has 2 aromatic carbocycles. The van der Waals surface area contributed by atoms with E-state index in [-0.39, 0.29) is 5.75 Å². The highest BCUT2D eigenvalue weighted by molar-refractivity contribution is 6.31. The molecule has 1 aliphatic carbocycles. The van der Waals surface area contributed by atoms with Crippen LogP contribution in [0.5, 0.6) is 5.75 Å². The molecule has 3 aromatic rings. The van der Waals surface area contributed by atoms with Gasteiger partial charge in [-0.2, -0.15) is 0 Å². The van der Waals surface area contributed by atoms with Crippen molar-refractivity contribution < 1.29 is 5.11 Å². The molecule has 1 saturated carbocycles. The fraction of sp³-hybridized carbons (Fsp3) is 0.188. The van der Waals surface area contributed by atoms with Gasteiger partial charge in [0.2, 0.25) is 0 Å². The molecule has 0 bridgehead atoms. The minimum absolute atomic E-state index is 0.269. The number of imidazole rings is 1. The normalized spacial score (nSPS) is 14.8. The highest BCUT2D eigenvalue weighted by Gasteiger charge is 2.28. The third-order valence-corrected chi connectivity index (χ3v) is 3.92. The lowest BCUT2D eigenvalue weighted by molar-refractivity contribution is 0.475. The van der Waals surface area contributed by atoms with Crippen LogP contribution in [0.2, 0.25) is 5.02 Å². The smallest absolute Gasteiger partial charge is 0.141 e. The molecular weight excluding hydrogens is 272 g/mol. The van der Waals surface area contributed by atoms with Crippen molar-refractivity contribution in [3.63, 3.8) is 0 Å². The van der Waals surface area contributed by atoms with Crippen LogP contribution in [-0.2, 0) is 0 Å². The van der Waals surface area contributed by atoms with Gasteiger partial charge in [-0.15, -0.1) is 0 Å². The van der Waals surface area contributed by atoms with E-state index in [1.54, 1.807) is 12.1 Å². The van der Waals surface area contributed by atoms with E-state index in [9.17, 15) is 5.11 Å². The summed E-state index contributed by atoms with van der Waals surface area (Å²) in [7, 11) is 0. The summed E-state index contributed by atoms with van der Waals surface area (Å²) < 4.78 is 2.27. The molecule has 100 valence electrons. The van der Waals surface area contributed by atoms with Crippen LogP contribution in [0.3, 0.4) is 0 Å². The van der Waals surface area contributed by atoms with Crippen molar-refractivity contribution >= 4 is 22.6 Å². The van der Waals surface area contributed by atoms with Gasteiger partial charge in [0, 0.05) is 16.6 Å². The minimum atomic E-state index is 0.269. The van der Waals surface area contributed by atoms with Gasteiger partial charge in [0.15, 0.2) is 0 Å². The minimum Gasteiger partial charge on any atom is -0.508 e. The number of aromatic hydroxyl groups is 1. The molecular formula is C16H13ClN2O. The average Bonchev–Trinajstić information content (AvgIpc) is 3.21. The van der Waals surface area contributed by atoms with Crippen LogP contribution in [0.4, 0.5) is 0 Å². The monoisotopic (exact) mass is 284 g/mol. The van der Waals surface area contributed by atoms with E-state index in [2.05, 4.69) is 4.57 Å². The standard InChI is InChI=1S/C16H13ClN2O/c17-11-3-8-14-15(9-11)19(12-4-5-12)16(18-14)10-1-6-13(20)7-2-10/h1-3,6-9,12,20H,4-5H2. The summed E-state index contributed by atoms with van der Waals surface area (Å²) in [5, 5.41) is 10.2. The Hall–Kier alpha value is -2.00. The first-order valence-electron chi connectivity index (χ1n) is 6.69. The molecule has 3 nitrogen and oxygen atoms in total. The Kier molecular flexibility index (Phi) is 2.51. The second kappa shape index (κ2) is 4.25. The number of rotatable bonds is 2. The van der Waals surface area contributed by atoms with E-state index >= 15 is 0 Å². The van der Waals surface area contributed by atoms with Crippen molar-refractivity contribution in [3.05, 3.63) is 47.5 Å². The van der Waals surface area contributed by atoms with Crippen LogP contribution in [0, 0.1) is 0 Å². The average molecular weight is 285 g/mol. The Bertz CT molecular complexity index is 788. The molecule has 4 rings (SSSR count). The van der Waals surface area contributed by atoms with Crippen LogP contribution in [-0.4, -0.2) is 14.7 Å². The molecule has 1 heterocycles. The summed E-state index contributed by atoms with van der Waals surface area (Å²) in [4.78, 5) is 4.74. The molecule has 0 aliphatic heterocycles. The number of hydrogen-bond donors (Lipinski definition) is 1. The van der Waals surface area contributed by atoms with E-state index < -0.39 is 0 Å². The predicted octanol–water partition coefficient (Wildman–Crippen LogP) is 4.40. The third-order valence-electron chi connectivity index (χ3n) is 3.69. The lowest BCUT2D eigenvalue weighted by Crippen LogP contribution is -1.97. The largest absolute Gasteiger partial charge is 0.508 e. The maximum atomic E-state index is 9.43. The Morgan fingerprint density at radius 1 is 1.10 bits per heavy atom. The topological polar surface area (TPSA) is 38.1 Å². The van der Waals surface area contributed by atoms with Gasteiger partial charge in [-0.25, -0.2) is 4.98 Å². The van der Waals surface area contributed by atoms with Crippen LogP contribution in [0.1, 0.15) is 18.9 Å². The van der Waals surface area contributed by atoms with Gasteiger partial charge in [-0.1, -0.05) is 11.6 Å². The van der Waals surface area contributed by atoms with Crippen LogP contribution < -0.4 is 0 Å². The first-order chi connectivity index (χ1) is 9.72. The summed E-state index contributed by atoms with van der Waals surface area (Å²) in [6.45, 7) is 0. The van der Waals surface area contributed by atoms with E-state index in [0.717, 1.165) is 27.4 Å². The second-order valence-corrected chi connectivity index (χ2v) is 5.65. The number of nitrogens with zero attached hydrogens (tertiary/aromatic N) is 2. The molecule has 1 N–H and O–H groups in total. The number of benzene rings is 2. The van der Waals surface area contributed by atoms with Crippen molar-refractivity contribution in [3.8, 4) is 17.1 Å². The van der Waals surface area contributed by atoms with E-state index in [0.29, 0.717) is 6.04 Å². The summed E-state index contributed by atoms with van der Waals surface area (Å²) in [6.07, 6.45) is 2.37. The zero-order valence-electron chi connectivity index (χ0n) is 10.8. The zero-order valence-corrected chi connectivity index (χ0v) is 11.5. The van der Waals surface area contributed by atoms with Crippen LogP contribution in [0.15, 0.2) is 42.5 Å². The molecule has 4 heteroatoms. The molecule has 0 amide bonds. The fourth-order valence-corrected chi connectivity index (χ4v) is 2.75. The van der Waals surface area contributed by atoms with Crippen LogP contribution >= 0.6 is 11.6 Å². The Balaban J connectivity index is 1.98. The van der Waals surface area contributed by atoms with Crippen molar-refractivity contribution in [2.75, 3.05) is 0 Å². The van der Waals surface area contributed by atoms with Crippen molar-refractivity contribution in [1.29, 1.82) is 0 Å². The van der Waals surface area contributed by atoms with Crippen molar-refractivity contribution in [1.82, 2.24) is 9.55 Å². The highest BCUT2D eigenvalue weighted by atomic mass is 35.5. The Labute approximate surface area is 121 Å². The summed E-state index contributed by atoms with van der Waals surface area (Å²) in [6, 6.07) is 13.5. The molecule has 0 atom stereocenters. The maximum Gasteiger partial charge on any atom is 0.141 e. The van der Waals surface area contributed by atoms with Crippen LogP contribution in [0.25, 0.3) is 22.4 Å². The Morgan fingerprint density at radius 2 is 1.85 bits per heavy atom. The Morgan fingerprint density at radius 3 is 2.55 bits per heavy atom. The first kappa shape index (κ1) is 11.8. The second-order valence-electron chi connectivity index (χ2n) is 5.22. The van der Waals surface area contributed by atoms with Gasteiger partial charge in [-0.3, -0.25) is 0 Å². The van der Waals surface area contributed by atoms with Gasteiger partial charge in [-0.05, 0) is 55.3 Å². The van der Waals surface area contributed by atoms with Gasteiger partial charge in [0.05, 0.1) is 11.0 Å². The number of hydrogen-bond acceptors (Lipinski definition) is 2. The maximum absolute atomic E-state index is 9.43. The number of aromatic nitrogens is 2. The number of fused-ring (bicyclic) bond motifs is 1. The predicted molar refractivity (Wildman–Crippen MR) is 80.1 cm³/mol. The van der Waals surface area contributed by atoms with Gasteiger partial charge < -0.3 is 9.67 Å². The number of phenols is 1. The molecule has 1 fully saturated rings. The van der Waals surface area contributed by atoms with Crippen molar-refractivity contribution in [2.24, 2.45) is 0 Å². The van der Waals surface area contributed by atoms with Gasteiger partial charge >= 0.3 is 0 Å². The lowest BCUT2D eigenvalue weighted by atomic mass is 10.2. The molecule has 0 unspecified atom stereocenters. The molecule has 1 aromatic heterocycles. The number of phenolic OH excluding ortho intramolecular Hbond substituents is 1. The SMILES string of the molecule is Oc1ccc(-c2nc3ccc(Cl)cc3n2C2CC2)cc1. The van der Waals surface area contributed by atoms with E-state index in [1.807, 2.05) is 30.3 Å². The summed E-state index contributed by atoms with van der Waals surface area (Å²) in [5.41, 5.74) is 3.06. The lowest BCUT2D eigenvalue weighted by Gasteiger charge is -2.07. The molecule has 0 saturated heterocycles. The molecule has 20 heavy (non-hydrogen) atoms. The van der Waals surface area contributed by atoms with E-state index in [4.69, 9.17) is 16.6 Å².